The number of hydrogen-bond donors (Lipinski definition) is 1. The van der Waals surface area contributed by atoms with Crippen LogP contribution < -0.4 is 5.32 Å². The highest BCUT2D eigenvalue weighted by molar-refractivity contribution is 6.14. The Hall–Kier alpha value is -3.81. The summed E-state index contributed by atoms with van der Waals surface area (Å²) in [7, 11) is 1.25. The van der Waals surface area contributed by atoms with Crippen molar-refractivity contribution in [2.45, 2.75) is 32.9 Å². The van der Waals surface area contributed by atoms with Crippen molar-refractivity contribution < 1.29 is 23.5 Å². The number of amides is 3. The largest absolute Gasteiger partial charge is 0.463 e. The minimum atomic E-state index is -0.623. The number of ether oxygens (including phenoxy) is 1. The zero-order chi connectivity index (χ0) is 22.1. The molecule has 0 aliphatic carbocycles. The van der Waals surface area contributed by atoms with Gasteiger partial charge in [-0.3, -0.25) is 9.69 Å². The molecule has 4 rings (SSSR count). The van der Waals surface area contributed by atoms with Crippen molar-refractivity contribution in [3.05, 3.63) is 65.4 Å². The van der Waals surface area contributed by atoms with Crippen LogP contribution in [0.3, 0.4) is 0 Å². The summed E-state index contributed by atoms with van der Waals surface area (Å²) >= 11 is 0. The van der Waals surface area contributed by atoms with Crippen molar-refractivity contribution in [2.75, 3.05) is 7.11 Å². The van der Waals surface area contributed by atoms with Crippen molar-refractivity contribution in [1.29, 1.82) is 0 Å². The van der Waals surface area contributed by atoms with Gasteiger partial charge in [0.05, 0.1) is 13.7 Å². The van der Waals surface area contributed by atoms with Gasteiger partial charge in [0.1, 0.15) is 11.5 Å². The van der Waals surface area contributed by atoms with Crippen LogP contribution in [0, 0.1) is 0 Å². The van der Waals surface area contributed by atoms with Gasteiger partial charge in [-0.25, -0.2) is 9.59 Å². The first-order valence-corrected chi connectivity index (χ1v) is 10.0. The molecule has 160 valence electrons. The average molecular weight is 421 g/mol. The lowest BCUT2D eigenvalue weighted by atomic mass is 10.1. The number of imide groups is 1. The van der Waals surface area contributed by atoms with Crippen molar-refractivity contribution in [3.63, 3.8) is 0 Å². The molecule has 31 heavy (non-hydrogen) atoms. The predicted octanol–water partition coefficient (Wildman–Crippen LogP) is 4.08. The van der Waals surface area contributed by atoms with E-state index in [1.165, 1.54) is 19.2 Å². The molecule has 0 radical (unpaired) electrons. The second-order valence-corrected chi connectivity index (χ2v) is 7.40. The summed E-state index contributed by atoms with van der Waals surface area (Å²) in [6, 6.07) is 10.7. The Morgan fingerprint density at radius 3 is 2.74 bits per heavy atom. The highest BCUT2D eigenvalue weighted by Crippen LogP contribution is 2.28. The van der Waals surface area contributed by atoms with E-state index in [1.54, 1.807) is 6.08 Å². The van der Waals surface area contributed by atoms with E-state index >= 15 is 0 Å². The highest BCUT2D eigenvalue weighted by Gasteiger charge is 2.34. The number of rotatable bonds is 6. The zero-order valence-electron chi connectivity index (χ0n) is 17.5. The summed E-state index contributed by atoms with van der Waals surface area (Å²) in [4.78, 5) is 37.9. The van der Waals surface area contributed by atoms with Gasteiger partial charge in [-0.1, -0.05) is 25.1 Å². The SMILES string of the molecule is CC[C@@H](C)n1cc(/C=C2\NC(=O)N(Cc3ccc(C(=O)OC)o3)C2=O)c2ccccc21. The molecular formula is C23H23N3O5. The van der Waals surface area contributed by atoms with E-state index < -0.39 is 17.9 Å². The maximum Gasteiger partial charge on any atom is 0.373 e. The number of esters is 1. The van der Waals surface area contributed by atoms with Gasteiger partial charge < -0.3 is 19.0 Å². The van der Waals surface area contributed by atoms with Crippen molar-refractivity contribution in [3.8, 4) is 0 Å². The first-order chi connectivity index (χ1) is 14.9. The van der Waals surface area contributed by atoms with Crippen LogP contribution in [0.25, 0.3) is 17.0 Å². The third kappa shape index (κ3) is 3.72. The van der Waals surface area contributed by atoms with Crippen LogP contribution in [0.4, 0.5) is 4.79 Å². The van der Waals surface area contributed by atoms with Crippen molar-refractivity contribution >= 4 is 34.9 Å². The van der Waals surface area contributed by atoms with Crippen LogP contribution in [0.15, 0.2) is 52.7 Å². The van der Waals surface area contributed by atoms with E-state index in [1.807, 2.05) is 30.5 Å². The highest BCUT2D eigenvalue weighted by atomic mass is 16.5. The number of carbonyl (C=O) groups excluding carboxylic acids is 3. The molecule has 1 aliphatic rings. The second kappa shape index (κ2) is 8.14. The molecule has 8 heteroatoms. The Kier molecular flexibility index (Phi) is 5.37. The predicted molar refractivity (Wildman–Crippen MR) is 114 cm³/mol. The van der Waals surface area contributed by atoms with Gasteiger partial charge >= 0.3 is 12.0 Å². The quantitative estimate of drug-likeness (QED) is 0.368. The molecule has 3 amide bonds. The minimum Gasteiger partial charge on any atom is -0.463 e. The number of fused-ring (bicyclic) bond motifs is 1. The zero-order valence-corrected chi connectivity index (χ0v) is 17.5. The van der Waals surface area contributed by atoms with Crippen LogP contribution in [-0.2, 0) is 16.1 Å². The molecule has 1 aromatic carbocycles. The molecule has 1 atom stereocenters. The molecule has 1 saturated heterocycles. The van der Waals surface area contributed by atoms with E-state index in [4.69, 9.17) is 4.42 Å². The van der Waals surface area contributed by atoms with Gasteiger partial charge in [0, 0.05) is 28.7 Å². The van der Waals surface area contributed by atoms with Crippen molar-refractivity contribution in [2.24, 2.45) is 0 Å². The van der Waals surface area contributed by atoms with E-state index in [-0.39, 0.29) is 18.0 Å². The lowest BCUT2D eigenvalue weighted by molar-refractivity contribution is -0.123. The molecule has 0 saturated carbocycles. The van der Waals surface area contributed by atoms with E-state index in [0.717, 1.165) is 27.8 Å². The lowest BCUT2D eigenvalue weighted by Crippen LogP contribution is -2.30. The Morgan fingerprint density at radius 2 is 2.00 bits per heavy atom. The standard InChI is InChI=1S/C23H23N3O5/c1-4-14(2)25-12-15(17-7-5-6-8-19(17)25)11-18-21(27)26(23(29)24-18)13-16-9-10-20(31-16)22(28)30-3/h5-12,14H,4,13H2,1-3H3,(H,24,29)/b18-11-/t14-/m1/s1. The third-order valence-corrected chi connectivity index (χ3v) is 5.46. The Labute approximate surface area is 179 Å². The van der Waals surface area contributed by atoms with Gasteiger partial charge in [-0.2, -0.15) is 0 Å². The van der Waals surface area contributed by atoms with Crippen LogP contribution >= 0.6 is 0 Å². The van der Waals surface area contributed by atoms with Crippen LogP contribution in [0.1, 0.15) is 48.2 Å². The van der Waals surface area contributed by atoms with Crippen LogP contribution in [0.2, 0.25) is 0 Å². The molecule has 1 fully saturated rings. The first kappa shape index (κ1) is 20.5. The van der Waals surface area contributed by atoms with E-state index in [9.17, 15) is 14.4 Å². The Bertz CT molecular complexity index is 1200. The number of benzene rings is 1. The van der Waals surface area contributed by atoms with Gasteiger partial charge in [-0.15, -0.1) is 0 Å². The maximum absolute atomic E-state index is 12.9. The number of carbonyl (C=O) groups is 3. The Morgan fingerprint density at radius 1 is 1.23 bits per heavy atom. The summed E-state index contributed by atoms with van der Waals surface area (Å²) < 4.78 is 12.2. The second-order valence-electron chi connectivity index (χ2n) is 7.40. The molecule has 1 aliphatic heterocycles. The molecule has 1 N–H and O–H groups in total. The summed E-state index contributed by atoms with van der Waals surface area (Å²) in [6.45, 7) is 4.17. The normalized spacial score (nSPS) is 16.2. The molecule has 2 aromatic heterocycles. The molecule has 3 aromatic rings. The number of methoxy groups -OCH3 is 1. The molecule has 0 bridgehead atoms. The van der Waals surface area contributed by atoms with Crippen LogP contribution in [0.5, 0.6) is 0 Å². The van der Waals surface area contributed by atoms with Gasteiger partial charge in [0.2, 0.25) is 5.76 Å². The van der Waals surface area contributed by atoms with E-state index in [0.29, 0.717) is 11.8 Å². The first-order valence-electron chi connectivity index (χ1n) is 10.0. The maximum atomic E-state index is 12.9. The number of hydrogen-bond acceptors (Lipinski definition) is 5. The molecule has 8 nitrogen and oxygen atoms in total. The molecule has 3 heterocycles. The Balaban J connectivity index is 1.62. The fourth-order valence-corrected chi connectivity index (χ4v) is 3.61. The van der Waals surface area contributed by atoms with Gasteiger partial charge in [-0.05, 0) is 37.6 Å². The van der Waals surface area contributed by atoms with Gasteiger partial charge in [0.15, 0.2) is 0 Å². The molecule has 0 spiro atoms. The number of nitrogens with one attached hydrogen (secondary N) is 1. The summed E-state index contributed by atoms with van der Waals surface area (Å²) in [5, 5.41) is 3.64. The van der Waals surface area contributed by atoms with E-state index in [2.05, 4.69) is 28.5 Å². The third-order valence-electron chi connectivity index (χ3n) is 5.46. The topological polar surface area (TPSA) is 93.8 Å². The average Bonchev–Trinajstić information content (AvgIpc) is 3.46. The smallest absolute Gasteiger partial charge is 0.373 e. The number of urea groups is 1. The number of para-hydroxylation sites is 1. The fraction of sp³-hybridized carbons (Fsp3) is 0.261. The number of furan rings is 1. The van der Waals surface area contributed by atoms with Gasteiger partial charge in [0.25, 0.3) is 5.91 Å². The number of aromatic nitrogens is 1. The lowest BCUT2D eigenvalue weighted by Gasteiger charge is -2.12. The fourth-order valence-electron chi connectivity index (χ4n) is 3.61. The van der Waals surface area contributed by atoms with Crippen molar-refractivity contribution in [1.82, 2.24) is 14.8 Å². The molecular weight excluding hydrogens is 398 g/mol. The molecule has 0 unspecified atom stereocenters. The summed E-state index contributed by atoms with van der Waals surface area (Å²) in [5.41, 5.74) is 2.12. The summed E-state index contributed by atoms with van der Waals surface area (Å²) in [6.07, 6.45) is 4.67. The number of nitrogens with zero attached hydrogens (tertiary/aromatic N) is 2. The monoisotopic (exact) mass is 421 g/mol. The minimum absolute atomic E-state index is 0.0122. The van der Waals surface area contributed by atoms with Crippen LogP contribution in [-0.4, -0.2) is 34.5 Å². The summed E-state index contributed by atoms with van der Waals surface area (Å²) in [5.74, 6) is -0.764.